The van der Waals surface area contributed by atoms with Crippen LogP contribution in [0.15, 0.2) is 12.4 Å². The Labute approximate surface area is 100 Å². The lowest BCUT2D eigenvalue weighted by molar-refractivity contribution is 0.188. The van der Waals surface area contributed by atoms with Gasteiger partial charge in [-0.1, -0.05) is 6.92 Å². The van der Waals surface area contributed by atoms with E-state index in [1.54, 1.807) is 12.4 Å². The number of ether oxygens (including phenoxy) is 1. The van der Waals surface area contributed by atoms with Gasteiger partial charge in [-0.25, -0.2) is 9.78 Å². The maximum atomic E-state index is 11.7. The van der Waals surface area contributed by atoms with Gasteiger partial charge in [0, 0.05) is 19.0 Å². The molecule has 1 aliphatic heterocycles. The molecule has 1 fully saturated rings. The number of nitrogens with one attached hydrogen (secondary N) is 3. The summed E-state index contributed by atoms with van der Waals surface area (Å²) in [7, 11) is 0. The van der Waals surface area contributed by atoms with Gasteiger partial charge in [0.1, 0.15) is 5.82 Å². The zero-order chi connectivity index (χ0) is 12.1. The molecule has 6 nitrogen and oxygen atoms in total. The topological polar surface area (TPSA) is 79.0 Å². The molecule has 1 saturated heterocycles. The van der Waals surface area contributed by atoms with E-state index in [0.717, 1.165) is 25.3 Å². The summed E-state index contributed by atoms with van der Waals surface area (Å²) in [5.74, 6) is 0.783. The predicted octanol–water partition coefficient (Wildman–Crippen LogP) is 0.949. The molecule has 0 saturated carbocycles. The van der Waals surface area contributed by atoms with Crippen molar-refractivity contribution in [2.45, 2.75) is 31.8 Å². The maximum absolute atomic E-state index is 11.7. The van der Waals surface area contributed by atoms with E-state index >= 15 is 0 Å². The van der Waals surface area contributed by atoms with Crippen LogP contribution in [0, 0.1) is 0 Å². The molecule has 0 radical (unpaired) electrons. The van der Waals surface area contributed by atoms with Crippen LogP contribution >= 0.6 is 0 Å². The van der Waals surface area contributed by atoms with Crippen LogP contribution < -0.4 is 10.6 Å². The molecular formula is C11H18N4O2. The van der Waals surface area contributed by atoms with Gasteiger partial charge in [0.05, 0.1) is 18.7 Å². The summed E-state index contributed by atoms with van der Waals surface area (Å²) in [4.78, 5) is 18.9. The molecule has 0 aliphatic carbocycles. The highest BCUT2D eigenvalue weighted by Crippen LogP contribution is 2.11. The SMILES string of the molecule is CCC(NC(=O)NC1CCOC1)c1ncc[nH]1. The standard InChI is InChI=1S/C11H18N4O2/c1-2-9(10-12-4-5-13-10)15-11(16)14-8-3-6-17-7-8/h4-5,8-9H,2-3,6-7H2,1H3,(H,12,13)(H2,14,15,16). The number of carbonyl (C=O) groups excluding carboxylic acids is 1. The van der Waals surface area contributed by atoms with Gasteiger partial charge in [0.25, 0.3) is 0 Å². The summed E-state index contributed by atoms with van der Waals surface area (Å²) in [6.07, 6.45) is 5.11. The minimum Gasteiger partial charge on any atom is -0.379 e. The Morgan fingerprint density at radius 1 is 1.76 bits per heavy atom. The van der Waals surface area contributed by atoms with E-state index in [4.69, 9.17) is 4.74 Å². The second-order valence-electron chi connectivity index (χ2n) is 4.11. The van der Waals surface area contributed by atoms with Crippen LogP contribution in [0.1, 0.15) is 31.6 Å². The number of rotatable bonds is 4. The predicted molar refractivity (Wildman–Crippen MR) is 62.5 cm³/mol. The molecule has 2 heterocycles. The van der Waals surface area contributed by atoms with Crippen molar-refractivity contribution in [2.75, 3.05) is 13.2 Å². The zero-order valence-electron chi connectivity index (χ0n) is 9.90. The van der Waals surface area contributed by atoms with Crippen LogP contribution in [0.2, 0.25) is 0 Å². The van der Waals surface area contributed by atoms with Crippen molar-refractivity contribution >= 4 is 6.03 Å². The summed E-state index contributed by atoms with van der Waals surface area (Å²) in [5, 5.41) is 5.79. The van der Waals surface area contributed by atoms with Crippen molar-refractivity contribution < 1.29 is 9.53 Å². The maximum Gasteiger partial charge on any atom is 0.315 e. The first kappa shape index (κ1) is 11.9. The lowest BCUT2D eigenvalue weighted by Gasteiger charge is -2.17. The molecule has 1 aromatic rings. The van der Waals surface area contributed by atoms with E-state index in [2.05, 4.69) is 20.6 Å². The number of hydrogen-bond donors (Lipinski definition) is 3. The summed E-state index contributed by atoms with van der Waals surface area (Å²) in [6, 6.07) is -0.111. The Bertz CT molecular complexity index is 346. The highest BCUT2D eigenvalue weighted by molar-refractivity contribution is 5.74. The van der Waals surface area contributed by atoms with E-state index in [1.165, 1.54) is 0 Å². The first-order valence-electron chi connectivity index (χ1n) is 5.93. The molecule has 94 valence electrons. The number of nitrogens with zero attached hydrogens (tertiary/aromatic N) is 1. The highest BCUT2D eigenvalue weighted by atomic mass is 16.5. The van der Waals surface area contributed by atoms with Gasteiger partial charge in [0.2, 0.25) is 0 Å². The number of H-pyrrole nitrogens is 1. The normalized spacial score (nSPS) is 21.1. The lowest BCUT2D eigenvalue weighted by Crippen LogP contribution is -2.43. The van der Waals surface area contributed by atoms with E-state index in [9.17, 15) is 4.79 Å². The van der Waals surface area contributed by atoms with Crippen LogP contribution in [0.5, 0.6) is 0 Å². The second-order valence-corrected chi connectivity index (χ2v) is 4.11. The molecule has 3 N–H and O–H groups in total. The lowest BCUT2D eigenvalue weighted by atomic mass is 10.2. The van der Waals surface area contributed by atoms with Crippen molar-refractivity contribution in [3.63, 3.8) is 0 Å². The van der Waals surface area contributed by atoms with Crippen molar-refractivity contribution in [1.82, 2.24) is 20.6 Å². The fourth-order valence-electron chi connectivity index (χ4n) is 1.87. The minimum atomic E-state index is -0.163. The monoisotopic (exact) mass is 238 g/mol. The first-order valence-corrected chi connectivity index (χ1v) is 5.93. The van der Waals surface area contributed by atoms with Crippen LogP contribution in [-0.4, -0.2) is 35.3 Å². The van der Waals surface area contributed by atoms with Gasteiger partial charge in [-0.15, -0.1) is 0 Å². The first-order chi connectivity index (χ1) is 8.29. The van der Waals surface area contributed by atoms with Gasteiger partial charge < -0.3 is 20.4 Å². The molecule has 2 unspecified atom stereocenters. The highest BCUT2D eigenvalue weighted by Gasteiger charge is 2.20. The Kier molecular flexibility index (Phi) is 3.98. The quantitative estimate of drug-likeness (QED) is 0.730. The third-order valence-electron chi connectivity index (χ3n) is 2.83. The van der Waals surface area contributed by atoms with E-state index in [0.29, 0.717) is 6.61 Å². The summed E-state index contributed by atoms with van der Waals surface area (Å²) < 4.78 is 5.20. The fourth-order valence-corrected chi connectivity index (χ4v) is 1.87. The molecule has 0 aromatic carbocycles. The fraction of sp³-hybridized carbons (Fsp3) is 0.636. The number of imidazole rings is 1. The molecule has 6 heteroatoms. The van der Waals surface area contributed by atoms with Crippen LogP contribution in [-0.2, 0) is 4.74 Å². The van der Waals surface area contributed by atoms with Crippen LogP contribution in [0.4, 0.5) is 4.79 Å². The van der Waals surface area contributed by atoms with Crippen molar-refractivity contribution in [2.24, 2.45) is 0 Å². The van der Waals surface area contributed by atoms with Crippen molar-refractivity contribution in [3.05, 3.63) is 18.2 Å². The third kappa shape index (κ3) is 3.20. The smallest absolute Gasteiger partial charge is 0.315 e. The van der Waals surface area contributed by atoms with Crippen molar-refractivity contribution in [3.8, 4) is 0 Å². The Balaban J connectivity index is 1.83. The van der Waals surface area contributed by atoms with Gasteiger partial charge >= 0.3 is 6.03 Å². The zero-order valence-corrected chi connectivity index (χ0v) is 9.90. The average Bonchev–Trinajstić information content (AvgIpc) is 2.97. The third-order valence-corrected chi connectivity index (χ3v) is 2.83. The largest absolute Gasteiger partial charge is 0.379 e. The van der Waals surface area contributed by atoms with Gasteiger partial charge in [0.15, 0.2) is 0 Å². The molecule has 2 amide bonds. The summed E-state index contributed by atoms with van der Waals surface area (Å²) >= 11 is 0. The second kappa shape index (κ2) is 5.67. The number of carbonyl (C=O) groups is 1. The summed E-state index contributed by atoms with van der Waals surface area (Å²) in [6.45, 7) is 3.33. The molecule has 2 rings (SSSR count). The Morgan fingerprint density at radius 3 is 3.24 bits per heavy atom. The van der Waals surface area contributed by atoms with Crippen molar-refractivity contribution in [1.29, 1.82) is 0 Å². The van der Waals surface area contributed by atoms with Gasteiger partial charge in [-0.05, 0) is 12.8 Å². The average molecular weight is 238 g/mol. The van der Waals surface area contributed by atoms with Crippen LogP contribution in [0.3, 0.4) is 0 Å². The molecule has 0 bridgehead atoms. The molecule has 1 aliphatic rings. The van der Waals surface area contributed by atoms with E-state index in [1.807, 2.05) is 6.92 Å². The molecule has 1 aromatic heterocycles. The molecular weight excluding hydrogens is 220 g/mol. The number of amides is 2. The molecule has 0 spiro atoms. The minimum absolute atomic E-state index is 0.0766. The Hall–Kier alpha value is -1.56. The molecule has 2 atom stereocenters. The van der Waals surface area contributed by atoms with E-state index in [-0.39, 0.29) is 18.1 Å². The Morgan fingerprint density at radius 2 is 2.65 bits per heavy atom. The number of urea groups is 1. The number of hydrogen-bond acceptors (Lipinski definition) is 3. The number of aromatic nitrogens is 2. The summed E-state index contributed by atoms with van der Waals surface area (Å²) in [5.41, 5.74) is 0. The number of aromatic amines is 1. The van der Waals surface area contributed by atoms with Crippen LogP contribution in [0.25, 0.3) is 0 Å². The van der Waals surface area contributed by atoms with E-state index < -0.39 is 0 Å². The van der Waals surface area contributed by atoms with Gasteiger partial charge in [-0.3, -0.25) is 0 Å². The van der Waals surface area contributed by atoms with Gasteiger partial charge in [-0.2, -0.15) is 0 Å². The molecule has 17 heavy (non-hydrogen) atoms.